The zero-order chi connectivity index (χ0) is 14.5. The van der Waals surface area contributed by atoms with Gasteiger partial charge in [-0.2, -0.15) is 0 Å². The number of imidazole rings is 1. The lowest BCUT2D eigenvalue weighted by molar-refractivity contribution is -0.133. The van der Waals surface area contributed by atoms with Crippen molar-refractivity contribution >= 4 is 40.4 Å². The van der Waals surface area contributed by atoms with Crippen molar-refractivity contribution in [1.29, 1.82) is 0 Å². The smallest absolute Gasteiger partial charge is 0.313 e. The van der Waals surface area contributed by atoms with Crippen LogP contribution in [-0.4, -0.2) is 40.1 Å². The predicted octanol–water partition coefficient (Wildman–Crippen LogP) is 2.90. The van der Waals surface area contributed by atoms with E-state index in [2.05, 4.69) is 4.98 Å². The highest BCUT2D eigenvalue weighted by Gasteiger charge is 2.12. The third-order valence-corrected chi connectivity index (χ3v) is 3.93. The quantitative estimate of drug-likeness (QED) is 0.629. The van der Waals surface area contributed by atoms with Gasteiger partial charge in [0.15, 0.2) is 5.16 Å². The van der Waals surface area contributed by atoms with E-state index in [1.807, 2.05) is 16.7 Å². The Morgan fingerprint density at radius 1 is 1.55 bits per heavy atom. The Kier molecular flexibility index (Phi) is 5.28. The summed E-state index contributed by atoms with van der Waals surface area (Å²) in [6.45, 7) is 1.38. The molecule has 0 fully saturated rings. The number of thioether (sulfide) groups is 1. The minimum absolute atomic E-state index is 0.0126. The van der Waals surface area contributed by atoms with Crippen LogP contribution in [0.3, 0.4) is 0 Å². The van der Waals surface area contributed by atoms with Gasteiger partial charge in [0.1, 0.15) is 0 Å². The zero-order valence-corrected chi connectivity index (χ0v) is 12.6. The molecular formula is C13H15ClN2O3S. The van der Waals surface area contributed by atoms with E-state index in [9.17, 15) is 4.79 Å². The topological polar surface area (TPSA) is 64.3 Å². The maximum Gasteiger partial charge on any atom is 0.313 e. The van der Waals surface area contributed by atoms with Crippen LogP contribution in [0.5, 0.6) is 0 Å². The van der Waals surface area contributed by atoms with Gasteiger partial charge in [0.05, 0.1) is 16.8 Å². The van der Waals surface area contributed by atoms with Crippen molar-refractivity contribution in [2.45, 2.75) is 18.1 Å². The van der Waals surface area contributed by atoms with Gasteiger partial charge in [-0.1, -0.05) is 23.4 Å². The van der Waals surface area contributed by atoms with Gasteiger partial charge in [-0.05, 0) is 24.6 Å². The first-order chi connectivity index (χ1) is 9.61. The number of ether oxygens (including phenoxy) is 1. The molecule has 0 aliphatic carbocycles. The maximum atomic E-state index is 10.7. The number of methoxy groups -OCH3 is 1. The molecule has 0 saturated heterocycles. The number of hydrogen-bond acceptors (Lipinski definition) is 4. The Labute approximate surface area is 125 Å². The molecule has 0 saturated carbocycles. The van der Waals surface area contributed by atoms with Gasteiger partial charge in [0, 0.05) is 25.3 Å². The Bertz CT molecular complexity index is 615. The first kappa shape index (κ1) is 15.2. The SMILES string of the molecule is COCCCn1c(SCC(=O)O)nc2cc(Cl)ccc21. The highest BCUT2D eigenvalue weighted by molar-refractivity contribution is 7.99. The summed E-state index contributed by atoms with van der Waals surface area (Å²) >= 11 is 7.18. The van der Waals surface area contributed by atoms with Crippen molar-refractivity contribution in [2.24, 2.45) is 0 Å². The number of carboxylic acids is 1. The number of nitrogens with zero attached hydrogens (tertiary/aromatic N) is 2. The first-order valence-electron chi connectivity index (χ1n) is 6.11. The highest BCUT2D eigenvalue weighted by atomic mass is 35.5. The molecule has 7 heteroatoms. The van der Waals surface area contributed by atoms with Crippen molar-refractivity contribution in [2.75, 3.05) is 19.5 Å². The van der Waals surface area contributed by atoms with Crippen LogP contribution in [-0.2, 0) is 16.1 Å². The lowest BCUT2D eigenvalue weighted by Crippen LogP contribution is -2.05. The molecule has 1 heterocycles. The highest BCUT2D eigenvalue weighted by Crippen LogP contribution is 2.26. The number of carboxylic acid groups (broad SMARTS) is 1. The van der Waals surface area contributed by atoms with Crippen molar-refractivity contribution in [3.05, 3.63) is 23.2 Å². The van der Waals surface area contributed by atoms with E-state index >= 15 is 0 Å². The summed E-state index contributed by atoms with van der Waals surface area (Å²) in [4.78, 5) is 15.2. The third kappa shape index (κ3) is 3.65. The minimum Gasteiger partial charge on any atom is -0.481 e. The molecule has 0 aliphatic rings. The summed E-state index contributed by atoms with van der Waals surface area (Å²) in [6.07, 6.45) is 0.839. The monoisotopic (exact) mass is 314 g/mol. The summed E-state index contributed by atoms with van der Waals surface area (Å²) in [5, 5.41) is 10.1. The fraction of sp³-hybridized carbons (Fsp3) is 0.385. The lowest BCUT2D eigenvalue weighted by atomic mass is 10.3. The molecule has 5 nitrogen and oxygen atoms in total. The average molecular weight is 315 g/mol. The van der Waals surface area contributed by atoms with Crippen LogP contribution < -0.4 is 0 Å². The summed E-state index contributed by atoms with van der Waals surface area (Å²) < 4.78 is 7.07. The van der Waals surface area contributed by atoms with Crippen LogP contribution in [0.2, 0.25) is 5.02 Å². The molecule has 0 aliphatic heterocycles. The van der Waals surface area contributed by atoms with Crippen molar-refractivity contribution in [3.63, 3.8) is 0 Å². The third-order valence-electron chi connectivity index (χ3n) is 2.73. The molecule has 108 valence electrons. The number of aliphatic carboxylic acids is 1. The van der Waals surface area contributed by atoms with Gasteiger partial charge >= 0.3 is 5.97 Å². The van der Waals surface area contributed by atoms with Crippen LogP contribution in [0.15, 0.2) is 23.4 Å². The first-order valence-corrected chi connectivity index (χ1v) is 7.47. The Morgan fingerprint density at radius 3 is 3.05 bits per heavy atom. The molecule has 1 aromatic carbocycles. The molecule has 0 amide bonds. The minimum atomic E-state index is -0.858. The molecule has 20 heavy (non-hydrogen) atoms. The fourth-order valence-electron chi connectivity index (χ4n) is 1.90. The van der Waals surface area contributed by atoms with Crippen LogP contribution in [0, 0.1) is 0 Å². The molecule has 0 bridgehead atoms. The molecule has 2 aromatic rings. The predicted molar refractivity (Wildman–Crippen MR) is 79.6 cm³/mol. The number of carbonyl (C=O) groups is 1. The number of hydrogen-bond donors (Lipinski definition) is 1. The van der Waals surface area contributed by atoms with E-state index in [1.54, 1.807) is 13.2 Å². The van der Waals surface area contributed by atoms with E-state index < -0.39 is 5.97 Å². The summed E-state index contributed by atoms with van der Waals surface area (Å²) in [5.41, 5.74) is 1.74. The average Bonchev–Trinajstić information content (AvgIpc) is 2.74. The van der Waals surface area contributed by atoms with Gasteiger partial charge < -0.3 is 14.4 Å². The fourth-order valence-corrected chi connectivity index (χ4v) is 2.83. The van der Waals surface area contributed by atoms with E-state index in [-0.39, 0.29) is 5.75 Å². The molecule has 1 aromatic heterocycles. The summed E-state index contributed by atoms with van der Waals surface area (Å²) in [7, 11) is 1.66. The van der Waals surface area contributed by atoms with Gasteiger partial charge in [-0.3, -0.25) is 4.79 Å². The second kappa shape index (κ2) is 6.97. The molecule has 0 radical (unpaired) electrons. The zero-order valence-electron chi connectivity index (χ0n) is 11.0. The molecule has 1 N–H and O–H groups in total. The van der Waals surface area contributed by atoms with Crippen LogP contribution in [0.1, 0.15) is 6.42 Å². The van der Waals surface area contributed by atoms with E-state index in [4.69, 9.17) is 21.4 Å². The molecular weight excluding hydrogens is 300 g/mol. The largest absolute Gasteiger partial charge is 0.481 e. The molecule has 2 rings (SSSR count). The lowest BCUT2D eigenvalue weighted by Gasteiger charge is -2.07. The second-order valence-electron chi connectivity index (χ2n) is 4.21. The van der Waals surface area contributed by atoms with E-state index in [0.29, 0.717) is 16.8 Å². The van der Waals surface area contributed by atoms with Crippen molar-refractivity contribution in [3.8, 4) is 0 Å². The Hall–Kier alpha value is -1.24. The van der Waals surface area contributed by atoms with E-state index in [0.717, 1.165) is 24.0 Å². The van der Waals surface area contributed by atoms with Crippen molar-refractivity contribution in [1.82, 2.24) is 9.55 Å². The normalized spacial score (nSPS) is 11.1. The summed E-state index contributed by atoms with van der Waals surface area (Å²) in [6, 6.07) is 5.50. The standard InChI is InChI=1S/C13H15ClN2O3S/c1-19-6-2-5-16-11-4-3-9(14)7-10(11)15-13(16)20-8-12(17)18/h3-4,7H,2,5-6,8H2,1H3,(H,17,18). The number of aromatic nitrogens is 2. The van der Waals surface area contributed by atoms with Crippen LogP contribution >= 0.6 is 23.4 Å². The number of aryl methyl sites for hydroxylation is 1. The second-order valence-corrected chi connectivity index (χ2v) is 5.59. The van der Waals surface area contributed by atoms with Crippen molar-refractivity contribution < 1.29 is 14.6 Å². The van der Waals surface area contributed by atoms with Crippen LogP contribution in [0.25, 0.3) is 11.0 Å². The van der Waals surface area contributed by atoms with Gasteiger partial charge in [0.2, 0.25) is 0 Å². The molecule has 0 spiro atoms. The Balaban J connectivity index is 2.31. The number of benzene rings is 1. The van der Waals surface area contributed by atoms with Crippen LogP contribution in [0.4, 0.5) is 0 Å². The maximum absolute atomic E-state index is 10.7. The summed E-state index contributed by atoms with van der Waals surface area (Å²) in [5.74, 6) is -0.870. The van der Waals surface area contributed by atoms with Gasteiger partial charge in [-0.25, -0.2) is 4.98 Å². The van der Waals surface area contributed by atoms with Gasteiger partial charge in [-0.15, -0.1) is 0 Å². The number of rotatable bonds is 7. The number of halogens is 1. The van der Waals surface area contributed by atoms with Gasteiger partial charge in [0.25, 0.3) is 0 Å². The molecule has 0 unspecified atom stereocenters. The number of fused-ring (bicyclic) bond motifs is 1. The van der Waals surface area contributed by atoms with E-state index in [1.165, 1.54) is 11.8 Å². The molecule has 0 atom stereocenters. The Morgan fingerprint density at radius 2 is 2.35 bits per heavy atom.